The molecule has 0 bridgehead atoms. The summed E-state index contributed by atoms with van der Waals surface area (Å²) in [4.78, 5) is 4.57. The highest BCUT2D eigenvalue weighted by atomic mass is 14.6. The smallest absolute Gasteiger partial charge is 0.0704 e. The number of fused-ring (bicyclic) bond motifs is 1. The monoisotopic (exact) mass is 325 g/mol. The molecule has 24 heavy (non-hydrogen) atoms. The molecule has 0 unspecified atom stereocenters. The molecule has 0 fully saturated rings. The van der Waals surface area contributed by atoms with Gasteiger partial charge in [0.15, 0.2) is 0 Å². The molecule has 2 rings (SSSR count). The van der Waals surface area contributed by atoms with Crippen LogP contribution in [-0.4, -0.2) is 4.98 Å². The Morgan fingerprint density at radius 3 is 2.04 bits per heavy atom. The summed E-state index contributed by atoms with van der Waals surface area (Å²) >= 11 is 0. The highest BCUT2D eigenvalue weighted by Crippen LogP contribution is 2.38. The molecule has 0 atom stereocenters. The number of nitrogens with zero attached hydrogens (tertiary/aromatic N) is 1. The number of unbranched alkanes of at least 4 members (excludes halogenated alkanes) is 6. The summed E-state index contributed by atoms with van der Waals surface area (Å²) in [6.45, 7) is 7.08. The second kappa shape index (κ2) is 9.81. The summed E-state index contributed by atoms with van der Waals surface area (Å²) in [6.07, 6.45) is 15.4. The van der Waals surface area contributed by atoms with E-state index in [2.05, 4.69) is 56.1 Å². The van der Waals surface area contributed by atoms with Crippen LogP contribution in [0.25, 0.3) is 10.9 Å². The van der Waals surface area contributed by atoms with E-state index < -0.39 is 0 Å². The zero-order valence-electron chi connectivity index (χ0n) is 16.0. The number of benzene rings is 1. The molecular weight excluding hydrogens is 290 g/mol. The second-order valence-electron chi connectivity index (χ2n) is 7.56. The molecule has 2 aromatic rings. The molecule has 0 aliphatic rings. The highest BCUT2D eigenvalue weighted by Gasteiger charge is 2.27. The van der Waals surface area contributed by atoms with Crippen LogP contribution in [0.4, 0.5) is 0 Å². The largest absolute Gasteiger partial charge is 0.256 e. The number of hydrogen-bond donors (Lipinski definition) is 0. The summed E-state index contributed by atoms with van der Waals surface area (Å²) in [5.74, 6) is 0. The van der Waals surface area contributed by atoms with E-state index in [0.717, 1.165) is 5.52 Å². The minimum atomic E-state index is 0.282. The van der Waals surface area contributed by atoms with Gasteiger partial charge in [-0.2, -0.15) is 0 Å². The fraction of sp³-hybridized carbons (Fsp3) is 0.609. The lowest BCUT2D eigenvalue weighted by atomic mass is 9.73. The average molecular weight is 326 g/mol. The summed E-state index contributed by atoms with van der Waals surface area (Å²) in [5.41, 5.74) is 2.94. The van der Waals surface area contributed by atoms with Gasteiger partial charge in [-0.3, -0.25) is 4.98 Å². The predicted molar refractivity (Wildman–Crippen MR) is 107 cm³/mol. The van der Waals surface area contributed by atoms with Crippen LogP contribution >= 0.6 is 0 Å². The van der Waals surface area contributed by atoms with Crippen molar-refractivity contribution in [2.45, 2.75) is 90.4 Å². The molecule has 0 N–H and O–H groups in total. The Morgan fingerprint density at radius 1 is 0.792 bits per heavy atom. The third-order valence-corrected chi connectivity index (χ3v) is 5.46. The first-order chi connectivity index (χ1) is 11.7. The molecule has 1 heterocycles. The summed E-state index contributed by atoms with van der Waals surface area (Å²) < 4.78 is 0. The van der Waals surface area contributed by atoms with Gasteiger partial charge in [-0.1, -0.05) is 90.3 Å². The minimum Gasteiger partial charge on any atom is -0.256 e. The Morgan fingerprint density at radius 2 is 1.42 bits per heavy atom. The lowest BCUT2D eigenvalue weighted by Gasteiger charge is -2.32. The summed E-state index contributed by atoms with van der Waals surface area (Å²) in [5, 5.41) is 1.36. The molecule has 132 valence electrons. The maximum absolute atomic E-state index is 4.57. The second-order valence-corrected chi connectivity index (χ2v) is 7.56. The SMILES string of the molecule is CCCCCCC(C)(CCCCCC)c1ccnc2ccccc12. The van der Waals surface area contributed by atoms with E-state index in [4.69, 9.17) is 0 Å². The van der Waals surface area contributed by atoms with Gasteiger partial charge >= 0.3 is 0 Å². The zero-order chi connectivity index (χ0) is 17.3. The maximum atomic E-state index is 4.57. The molecule has 0 radical (unpaired) electrons. The fourth-order valence-corrected chi connectivity index (χ4v) is 3.90. The Balaban J connectivity index is 2.22. The van der Waals surface area contributed by atoms with Gasteiger partial charge in [0.1, 0.15) is 0 Å². The van der Waals surface area contributed by atoms with Crippen LogP contribution in [0.15, 0.2) is 36.5 Å². The normalized spacial score (nSPS) is 12.0. The minimum absolute atomic E-state index is 0.282. The molecule has 1 aromatic carbocycles. The number of hydrogen-bond acceptors (Lipinski definition) is 1. The number of para-hydroxylation sites is 1. The van der Waals surface area contributed by atoms with Crippen LogP contribution in [0.1, 0.15) is 90.5 Å². The Hall–Kier alpha value is -1.37. The van der Waals surface area contributed by atoms with Gasteiger partial charge in [0.05, 0.1) is 5.52 Å². The molecule has 1 heteroatoms. The number of pyridine rings is 1. The molecule has 1 aromatic heterocycles. The van der Waals surface area contributed by atoms with E-state index in [0.29, 0.717) is 0 Å². The van der Waals surface area contributed by atoms with Crippen molar-refractivity contribution in [3.63, 3.8) is 0 Å². The van der Waals surface area contributed by atoms with Gasteiger partial charge in [-0.15, -0.1) is 0 Å². The topological polar surface area (TPSA) is 12.9 Å². The molecule has 0 aliphatic carbocycles. The average Bonchev–Trinajstić information content (AvgIpc) is 2.62. The lowest BCUT2D eigenvalue weighted by molar-refractivity contribution is 0.366. The van der Waals surface area contributed by atoms with Gasteiger partial charge in [0.2, 0.25) is 0 Å². The fourth-order valence-electron chi connectivity index (χ4n) is 3.90. The Bertz CT molecular complexity index is 585. The van der Waals surface area contributed by atoms with E-state index >= 15 is 0 Å². The van der Waals surface area contributed by atoms with Crippen molar-refractivity contribution in [3.8, 4) is 0 Å². The quantitative estimate of drug-likeness (QED) is 0.391. The first-order valence-electron chi connectivity index (χ1n) is 10.1. The third kappa shape index (κ3) is 5.06. The predicted octanol–water partition coefficient (Wildman–Crippen LogP) is 7.43. The summed E-state index contributed by atoms with van der Waals surface area (Å²) in [6, 6.07) is 10.9. The van der Waals surface area contributed by atoms with E-state index in [1.165, 1.54) is 75.2 Å². The van der Waals surface area contributed by atoms with E-state index in [-0.39, 0.29) is 5.41 Å². The van der Waals surface area contributed by atoms with Crippen LogP contribution in [0.5, 0.6) is 0 Å². The molecule has 1 nitrogen and oxygen atoms in total. The van der Waals surface area contributed by atoms with Gasteiger partial charge in [-0.05, 0) is 36.0 Å². The van der Waals surface area contributed by atoms with Crippen molar-refractivity contribution >= 4 is 10.9 Å². The van der Waals surface area contributed by atoms with Crippen molar-refractivity contribution in [2.75, 3.05) is 0 Å². The molecule has 0 saturated carbocycles. The van der Waals surface area contributed by atoms with E-state index in [9.17, 15) is 0 Å². The van der Waals surface area contributed by atoms with Crippen molar-refractivity contribution in [3.05, 3.63) is 42.1 Å². The van der Waals surface area contributed by atoms with Crippen molar-refractivity contribution in [2.24, 2.45) is 0 Å². The Kier molecular flexibility index (Phi) is 7.75. The first kappa shape index (κ1) is 19.0. The lowest BCUT2D eigenvalue weighted by Crippen LogP contribution is -2.22. The third-order valence-electron chi connectivity index (χ3n) is 5.46. The maximum Gasteiger partial charge on any atom is 0.0704 e. The number of rotatable bonds is 11. The van der Waals surface area contributed by atoms with Gasteiger partial charge in [0, 0.05) is 11.6 Å². The van der Waals surface area contributed by atoms with Crippen LogP contribution < -0.4 is 0 Å². The highest BCUT2D eigenvalue weighted by molar-refractivity contribution is 5.82. The van der Waals surface area contributed by atoms with Gasteiger partial charge in [-0.25, -0.2) is 0 Å². The van der Waals surface area contributed by atoms with Crippen molar-refractivity contribution in [1.29, 1.82) is 0 Å². The van der Waals surface area contributed by atoms with Crippen molar-refractivity contribution < 1.29 is 0 Å². The van der Waals surface area contributed by atoms with E-state index in [1.807, 2.05) is 6.20 Å². The van der Waals surface area contributed by atoms with Crippen LogP contribution in [0.3, 0.4) is 0 Å². The molecule has 0 spiro atoms. The van der Waals surface area contributed by atoms with Gasteiger partial charge < -0.3 is 0 Å². The first-order valence-corrected chi connectivity index (χ1v) is 10.1. The Labute approximate surface area is 148 Å². The van der Waals surface area contributed by atoms with Crippen LogP contribution in [0, 0.1) is 0 Å². The van der Waals surface area contributed by atoms with E-state index in [1.54, 1.807) is 0 Å². The van der Waals surface area contributed by atoms with Crippen LogP contribution in [-0.2, 0) is 5.41 Å². The zero-order valence-corrected chi connectivity index (χ0v) is 16.0. The molecule has 0 aliphatic heterocycles. The van der Waals surface area contributed by atoms with Crippen molar-refractivity contribution in [1.82, 2.24) is 4.98 Å². The molecule has 0 saturated heterocycles. The molecular formula is C23H35N. The van der Waals surface area contributed by atoms with Crippen LogP contribution in [0.2, 0.25) is 0 Å². The number of aromatic nitrogens is 1. The standard InChI is InChI=1S/C23H35N/c1-4-6-8-12-17-23(3,18-13-9-7-5-2)21-16-19-24-22-15-11-10-14-20(21)22/h10-11,14-16,19H,4-9,12-13,17-18H2,1-3H3. The molecule has 0 amide bonds. The summed E-state index contributed by atoms with van der Waals surface area (Å²) in [7, 11) is 0. The van der Waals surface area contributed by atoms with Gasteiger partial charge in [0.25, 0.3) is 0 Å².